The van der Waals surface area contributed by atoms with Gasteiger partial charge in [0.05, 0.1) is 0 Å². The van der Waals surface area contributed by atoms with Crippen LogP contribution in [0.25, 0.3) is 0 Å². The van der Waals surface area contributed by atoms with Gasteiger partial charge >= 0.3 is 0 Å². The average Bonchev–Trinajstić information content (AvgIpc) is 2.93. The highest BCUT2D eigenvalue weighted by atomic mass is 35.5. The van der Waals surface area contributed by atoms with Gasteiger partial charge in [-0.15, -0.1) is 0 Å². The first-order chi connectivity index (χ1) is 10.5. The zero-order chi connectivity index (χ0) is 16.1. The summed E-state index contributed by atoms with van der Waals surface area (Å²) in [4.78, 5) is 26.3. The second-order valence-corrected chi connectivity index (χ2v) is 6.63. The molecule has 0 aliphatic carbocycles. The molecular weight excluding hydrogens is 300 g/mol. The lowest BCUT2D eigenvalue weighted by Crippen LogP contribution is -2.46. The summed E-state index contributed by atoms with van der Waals surface area (Å²) in [6, 6.07) is 7.08. The van der Waals surface area contributed by atoms with E-state index in [9.17, 15) is 9.59 Å². The number of nitrogens with zero attached hydrogens (tertiary/aromatic N) is 1. The van der Waals surface area contributed by atoms with Crippen molar-refractivity contribution in [3.05, 3.63) is 34.9 Å². The maximum absolute atomic E-state index is 12.4. The molecule has 2 amide bonds. The highest BCUT2D eigenvalue weighted by Crippen LogP contribution is 2.20. The van der Waals surface area contributed by atoms with Crippen molar-refractivity contribution >= 4 is 23.4 Å². The lowest BCUT2D eigenvalue weighted by Gasteiger charge is -2.24. The lowest BCUT2D eigenvalue weighted by atomic mass is 10.1. The topological polar surface area (TPSA) is 49.4 Å². The summed E-state index contributed by atoms with van der Waals surface area (Å²) >= 11 is 5.93. The fraction of sp³-hybridized carbons (Fsp3) is 0.529. The van der Waals surface area contributed by atoms with Gasteiger partial charge in [0, 0.05) is 24.5 Å². The quantitative estimate of drug-likeness (QED) is 0.906. The Balaban J connectivity index is 1.92. The summed E-state index contributed by atoms with van der Waals surface area (Å²) < 4.78 is 0. The molecule has 0 radical (unpaired) electrons. The van der Waals surface area contributed by atoms with Gasteiger partial charge in [0.25, 0.3) is 0 Å². The number of nitrogens with one attached hydrogen (secondary N) is 1. The largest absolute Gasteiger partial charge is 0.350 e. The van der Waals surface area contributed by atoms with Crippen LogP contribution in [0.3, 0.4) is 0 Å². The molecule has 5 heteroatoms. The first kappa shape index (κ1) is 16.8. The molecule has 1 atom stereocenters. The minimum atomic E-state index is -0.328. The van der Waals surface area contributed by atoms with Crippen molar-refractivity contribution < 1.29 is 9.59 Å². The summed E-state index contributed by atoms with van der Waals surface area (Å²) in [5, 5.41) is 3.57. The Morgan fingerprint density at radius 3 is 2.86 bits per heavy atom. The maximum Gasteiger partial charge on any atom is 0.243 e. The second kappa shape index (κ2) is 7.63. The first-order valence-electron chi connectivity index (χ1n) is 7.79. The number of hydrogen-bond donors (Lipinski definition) is 1. The predicted molar refractivity (Wildman–Crippen MR) is 87.5 cm³/mol. The van der Waals surface area contributed by atoms with Gasteiger partial charge in [0.15, 0.2) is 0 Å². The van der Waals surface area contributed by atoms with E-state index in [0.29, 0.717) is 30.5 Å². The molecule has 0 bridgehead atoms. The van der Waals surface area contributed by atoms with Gasteiger partial charge in [-0.3, -0.25) is 9.59 Å². The fourth-order valence-electron chi connectivity index (χ4n) is 2.76. The molecule has 0 spiro atoms. The van der Waals surface area contributed by atoms with Gasteiger partial charge in [0.2, 0.25) is 11.8 Å². The highest BCUT2D eigenvalue weighted by Gasteiger charge is 2.33. The van der Waals surface area contributed by atoms with Crippen molar-refractivity contribution in [3.63, 3.8) is 0 Å². The Morgan fingerprint density at radius 1 is 1.41 bits per heavy atom. The number of hydrogen-bond acceptors (Lipinski definition) is 2. The molecule has 0 saturated carbocycles. The van der Waals surface area contributed by atoms with E-state index < -0.39 is 0 Å². The molecule has 4 nitrogen and oxygen atoms in total. The Hall–Kier alpha value is -1.55. The van der Waals surface area contributed by atoms with E-state index in [1.807, 2.05) is 32.0 Å². The molecule has 1 aliphatic heterocycles. The zero-order valence-electron chi connectivity index (χ0n) is 13.1. The molecule has 1 aromatic rings. The molecule has 1 aromatic carbocycles. The third kappa shape index (κ3) is 4.47. The van der Waals surface area contributed by atoms with E-state index in [-0.39, 0.29) is 17.9 Å². The van der Waals surface area contributed by atoms with E-state index in [1.54, 1.807) is 11.0 Å². The van der Waals surface area contributed by atoms with Crippen LogP contribution in [0.4, 0.5) is 0 Å². The molecular formula is C17H23ClN2O2. The van der Waals surface area contributed by atoms with Gasteiger partial charge in [-0.1, -0.05) is 37.6 Å². The molecule has 1 fully saturated rings. The van der Waals surface area contributed by atoms with Crippen LogP contribution in [-0.2, 0) is 16.1 Å². The van der Waals surface area contributed by atoms with Crippen LogP contribution in [0.5, 0.6) is 0 Å². The molecule has 1 heterocycles. The van der Waals surface area contributed by atoms with Crippen molar-refractivity contribution in [2.24, 2.45) is 5.92 Å². The zero-order valence-corrected chi connectivity index (χ0v) is 13.9. The van der Waals surface area contributed by atoms with Crippen LogP contribution in [-0.4, -0.2) is 29.3 Å². The molecule has 1 N–H and O–H groups in total. The third-order valence-corrected chi connectivity index (χ3v) is 4.05. The molecule has 120 valence electrons. The number of likely N-dealkylation sites (tertiary alicyclic amines) is 1. The van der Waals surface area contributed by atoms with E-state index in [4.69, 9.17) is 11.6 Å². The van der Waals surface area contributed by atoms with Crippen LogP contribution < -0.4 is 5.32 Å². The van der Waals surface area contributed by atoms with Crippen LogP contribution in [0, 0.1) is 5.92 Å². The summed E-state index contributed by atoms with van der Waals surface area (Å²) in [5.74, 6) is 0.313. The lowest BCUT2D eigenvalue weighted by molar-refractivity contribution is -0.139. The van der Waals surface area contributed by atoms with Gasteiger partial charge in [-0.05, 0) is 36.5 Å². The van der Waals surface area contributed by atoms with Crippen molar-refractivity contribution in [1.82, 2.24) is 10.2 Å². The van der Waals surface area contributed by atoms with E-state index in [1.165, 1.54) is 0 Å². The van der Waals surface area contributed by atoms with E-state index in [0.717, 1.165) is 18.4 Å². The standard InChI is InChI=1S/C17H23ClN2O2/c1-12(2)9-16(21)20-8-4-7-15(20)17(22)19-11-13-5-3-6-14(18)10-13/h3,5-6,10,12,15H,4,7-9,11H2,1-2H3,(H,19,22)/t15-/m0/s1. The monoisotopic (exact) mass is 322 g/mol. The summed E-state index contributed by atoms with van der Waals surface area (Å²) in [7, 11) is 0. The van der Waals surface area contributed by atoms with Crippen LogP contribution in [0.15, 0.2) is 24.3 Å². The summed E-state index contributed by atoms with van der Waals surface area (Å²) in [6.45, 7) is 5.15. The summed E-state index contributed by atoms with van der Waals surface area (Å²) in [6.07, 6.45) is 2.13. The number of benzene rings is 1. The van der Waals surface area contributed by atoms with Crippen molar-refractivity contribution in [3.8, 4) is 0 Å². The average molecular weight is 323 g/mol. The van der Waals surface area contributed by atoms with Gasteiger partial charge < -0.3 is 10.2 Å². The minimum Gasteiger partial charge on any atom is -0.350 e. The highest BCUT2D eigenvalue weighted by molar-refractivity contribution is 6.30. The second-order valence-electron chi connectivity index (χ2n) is 6.19. The molecule has 22 heavy (non-hydrogen) atoms. The normalized spacial score (nSPS) is 17.8. The molecule has 1 saturated heterocycles. The Labute approximate surface area is 136 Å². The maximum atomic E-state index is 12.4. The molecule has 0 unspecified atom stereocenters. The number of amides is 2. The van der Waals surface area contributed by atoms with E-state index in [2.05, 4.69) is 5.32 Å². The third-order valence-electron chi connectivity index (χ3n) is 3.81. The van der Waals surface area contributed by atoms with Gasteiger partial charge in [-0.2, -0.15) is 0 Å². The first-order valence-corrected chi connectivity index (χ1v) is 8.17. The van der Waals surface area contributed by atoms with Crippen molar-refractivity contribution in [2.75, 3.05) is 6.54 Å². The van der Waals surface area contributed by atoms with Gasteiger partial charge in [0.1, 0.15) is 6.04 Å². The number of halogens is 1. The smallest absolute Gasteiger partial charge is 0.243 e. The fourth-order valence-corrected chi connectivity index (χ4v) is 2.97. The number of carbonyl (C=O) groups is 2. The number of rotatable bonds is 5. The van der Waals surface area contributed by atoms with Crippen LogP contribution in [0.2, 0.25) is 5.02 Å². The van der Waals surface area contributed by atoms with Crippen molar-refractivity contribution in [2.45, 2.75) is 45.7 Å². The number of carbonyl (C=O) groups excluding carboxylic acids is 2. The molecule has 1 aliphatic rings. The molecule has 0 aromatic heterocycles. The minimum absolute atomic E-state index is 0.0745. The Morgan fingerprint density at radius 2 is 2.18 bits per heavy atom. The van der Waals surface area contributed by atoms with Crippen LogP contribution in [0.1, 0.15) is 38.7 Å². The van der Waals surface area contributed by atoms with Gasteiger partial charge in [-0.25, -0.2) is 0 Å². The summed E-state index contributed by atoms with van der Waals surface area (Å²) in [5.41, 5.74) is 0.957. The van der Waals surface area contributed by atoms with E-state index >= 15 is 0 Å². The Bertz CT molecular complexity index is 545. The SMILES string of the molecule is CC(C)CC(=O)N1CCC[C@H]1C(=O)NCc1cccc(Cl)c1. The van der Waals surface area contributed by atoms with Crippen LogP contribution >= 0.6 is 11.6 Å². The van der Waals surface area contributed by atoms with Crippen molar-refractivity contribution in [1.29, 1.82) is 0 Å². The Kier molecular flexibility index (Phi) is 5.83. The molecule has 2 rings (SSSR count). The predicted octanol–water partition coefficient (Wildman–Crippen LogP) is 2.99.